The van der Waals surface area contributed by atoms with Crippen LogP contribution in [0.15, 0.2) is 28.2 Å². The van der Waals surface area contributed by atoms with E-state index in [1.54, 1.807) is 29.5 Å². The van der Waals surface area contributed by atoms with Crippen molar-refractivity contribution in [3.63, 3.8) is 0 Å². The van der Waals surface area contributed by atoms with E-state index in [-0.39, 0.29) is 17.2 Å². The maximum atomic E-state index is 12.5. The van der Waals surface area contributed by atoms with Crippen molar-refractivity contribution in [2.45, 2.75) is 30.8 Å². The van der Waals surface area contributed by atoms with Crippen molar-refractivity contribution in [1.82, 2.24) is 9.97 Å². The Labute approximate surface area is 174 Å². The third-order valence-corrected chi connectivity index (χ3v) is 6.93. The number of halogens is 1. The molecule has 1 aliphatic rings. The van der Waals surface area contributed by atoms with E-state index in [0.717, 1.165) is 41.5 Å². The zero-order valence-electron chi connectivity index (χ0n) is 15.1. The molecular weight excluding hydrogens is 418 g/mol. The Bertz CT molecular complexity index is 1110. The monoisotopic (exact) mass is 435 g/mol. The number of aromatic nitrogens is 2. The van der Waals surface area contributed by atoms with Gasteiger partial charge in [-0.25, -0.2) is 4.98 Å². The molecule has 2 heterocycles. The number of rotatable bonds is 5. The van der Waals surface area contributed by atoms with E-state index in [4.69, 9.17) is 16.3 Å². The van der Waals surface area contributed by atoms with Gasteiger partial charge in [-0.2, -0.15) is 0 Å². The quantitative estimate of drug-likeness (QED) is 0.462. The minimum absolute atomic E-state index is 0.116. The fraction of sp³-hybridized carbons (Fsp3) is 0.316. The zero-order valence-corrected chi connectivity index (χ0v) is 17.5. The summed E-state index contributed by atoms with van der Waals surface area (Å²) in [6, 6.07) is 5.04. The van der Waals surface area contributed by atoms with Gasteiger partial charge in [0.15, 0.2) is 5.16 Å². The molecule has 2 N–H and O–H groups in total. The van der Waals surface area contributed by atoms with Crippen molar-refractivity contribution in [3.05, 3.63) is 44.0 Å². The van der Waals surface area contributed by atoms with Crippen LogP contribution in [0.3, 0.4) is 0 Å². The Hall–Kier alpha value is -2.03. The largest absolute Gasteiger partial charge is 0.495 e. The van der Waals surface area contributed by atoms with Crippen LogP contribution in [-0.4, -0.2) is 28.7 Å². The number of ether oxygens (including phenoxy) is 1. The van der Waals surface area contributed by atoms with Crippen LogP contribution in [0.1, 0.15) is 23.3 Å². The fourth-order valence-electron chi connectivity index (χ4n) is 3.29. The van der Waals surface area contributed by atoms with Crippen LogP contribution in [0.5, 0.6) is 5.75 Å². The highest BCUT2D eigenvalue weighted by atomic mass is 35.5. The maximum Gasteiger partial charge on any atom is 0.260 e. The summed E-state index contributed by atoms with van der Waals surface area (Å²) in [5, 5.41) is 4.38. The number of benzene rings is 1. The predicted octanol–water partition coefficient (Wildman–Crippen LogP) is 4.26. The second-order valence-corrected chi connectivity index (χ2v) is 8.90. The minimum Gasteiger partial charge on any atom is -0.495 e. The number of carbonyl (C=O) groups excluding carboxylic acids is 1. The first-order valence-electron chi connectivity index (χ1n) is 8.86. The molecule has 0 atom stereocenters. The molecule has 0 fully saturated rings. The molecule has 1 aliphatic carbocycles. The van der Waals surface area contributed by atoms with Crippen LogP contribution >= 0.6 is 34.7 Å². The Morgan fingerprint density at radius 3 is 3.00 bits per heavy atom. The molecule has 4 rings (SSSR count). The Morgan fingerprint density at radius 1 is 1.39 bits per heavy atom. The van der Waals surface area contributed by atoms with Gasteiger partial charge in [-0.1, -0.05) is 23.4 Å². The first-order valence-corrected chi connectivity index (χ1v) is 11.0. The smallest absolute Gasteiger partial charge is 0.260 e. The summed E-state index contributed by atoms with van der Waals surface area (Å²) in [5.41, 5.74) is 1.62. The number of hydrogen-bond donors (Lipinski definition) is 2. The van der Waals surface area contributed by atoms with E-state index in [1.807, 2.05) is 0 Å². The van der Waals surface area contributed by atoms with Gasteiger partial charge in [0.25, 0.3) is 5.56 Å². The SMILES string of the molecule is COc1ccc(NC(=O)CSc2nc3sc4c(c3c(=O)[nH]2)CCCC4)cc1Cl. The number of nitrogens with zero attached hydrogens (tertiary/aromatic N) is 1. The summed E-state index contributed by atoms with van der Waals surface area (Å²) in [6.07, 6.45) is 4.24. The number of methoxy groups -OCH3 is 1. The highest BCUT2D eigenvalue weighted by Crippen LogP contribution is 2.34. The van der Waals surface area contributed by atoms with Crippen LogP contribution in [0.4, 0.5) is 5.69 Å². The average Bonchev–Trinajstić information content (AvgIpc) is 3.05. The predicted molar refractivity (Wildman–Crippen MR) is 114 cm³/mol. The second-order valence-electron chi connectivity index (χ2n) is 6.45. The van der Waals surface area contributed by atoms with Crippen LogP contribution in [0.2, 0.25) is 5.02 Å². The molecule has 0 aliphatic heterocycles. The molecule has 0 saturated carbocycles. The third kappa shape index (κ3) is 3.90. The fourth-order valence-corrected chi connectivity index (χ4v) is 5.53. The van der Waals surface area contributed by atoms with Crippen molar-refractivity contribution in [1.29, 1.82) is 0 Å². The van der Waals surface area contributed by atoms with Crippen molar-refractivity contribution < 1.29 is 9.53 Å². The number of aryl methyl sites for hydroxylation is 2. The summed E-state index contributed by atoms with van der Waals surface area (Å²) in [5.74, 6) is 0.464. The molecule has 3 aromatic rings. The van der Waals surface area contributed by atoms with E-state index in [9.17, 15) is 9.59 Å². The molecule has 0 radical (unpaired) electrons. The lowest BCUT2D eigenvalue weighted by Gasteiger charge is -2.09. The van der Waals surface area contributed by atoms with Crippen LogP contribution in [-0.2, 0) is 17.6 Å². The van der Waals surface area contributed by atoms with Crippen LogP contribution < -0.4 is 15.6 Å². The highest BCUT2D eigenvalue weighted by Gasteiger charge is 2.20. The first-order chi connectivity index (χ1) is 13.5. The summed E-state index contributed by atoms with van der Waals surface area (Å²) >= 11 is 8.88. The highest BCUT2D eigenvalue weighted by molar-refractivity contribution is 7.99. The van der Waals surface area contributed by atoms with Gasteiger partial charge >= 0.3 is 0 Å². The molecule has 0 unspecified atom stereocenters. The molecule has 1 aromatic carbocycles. The molecule has 0 spiro atoms. The molecule has 28 heavy (non-hydrogen) atoms. The van der Waals surface area contributed by atoms with E-state index in [1.165, 1.54) is 23.7 Å². The van der Waals surface area contributed by atoms with E-state index in [0.29, 0.717) is 21.6 Å². The molecule has 2 aromatic heterocycles. The molecule has 6 nitrogen and oxygen atoms in total. The van der Waals surface area contributed by atoms with Crippen LogP contribution in [0.25, 0.3) is 10.2 Å². The van der Waals surface area contributed by atoms with Gasteiger partial charge in [-0.15, -0.1) is 11.3 Å². The van der Waals surface area contributed by atoms with Gasteiger partial charge in [0.1, 0.15) is 10.6 Å². The summed E-state index contributed by atoms with van der Waals surface area (Å²) in [4.78, 5) is 34.2. The normalized spacial score (nSPS) is 13.4. The molecular formula is C19H18ClN3O3S2. The van der Waals surface area contributed by atoms with Gasteiger partial charge < -0.3 is 15.0 Å². The van der Waals surface area contributed by atoms with Crippen molar-refractivity contribution >= 4 is 56.5 Å². The van der Waals surface area contributed by atoms with Gasteiger partial charge in [0.05, 0.1) is 23.3 Å². The lowest BCUT2D eigenvalue weighted by Crippen LogP contribution is -2.15. The minimum atomic E-state index is -0.209. The molecule has 0 bridgehead atoms. The van der Waals surface area contributed by atoms with Gasteiger partial charge in [0.2, 0.25) is 5.91 Å². The van der Waals surface area contributed by atoms with Gasteiger partial charge in [-0.05, 0) is 49.4 Å². The lowest BCUT2D eigenvalue weighted by atomic mass is 9.97. The third-order valence-electron chi connectivity index (χ3n) is 4.58. The number of fused-ring (bicyclic) bond motifs is 3. The van der Waals surface area contributed by atoms with Crippen LogP contribution in [0, 0.1) is 0 Å². The molecule has 9 heteroatoms. The number of hydrogen-bond acceptors (Lipinski definition) is 6. The van der Waals surface area contributed by atoms with Crippen molar-refractivity contribution in [2.75, 3.05) is 18.2 Å². The molecule has 1 amide bonds. The Balaban J connectivity index is 1.46. The lowest BCUT2D eigenvalue weighted by molar-refractivity contribution is -0.113. The van der Waals surface area contributed by atoms with E-state index >= 15 is 0 Å². The zero-order chi connectivity index (χ0) is 19.7. The van der Waals surface area contributed by atoms with Gasteiger partial charge in [0, 0.05) is 10.6 Å². The first kappa shape index (κ1) is 19.3. The Kier molecular flexibility index (Phi) is 5.61. The van der Waals surface area contributed by atoms with Crippen molar-refractivity contribution in [3.8, 4) is 5.75 Å². The number of carbonyl (C=O) groups is 1. The Morgan fingerprint density at radius 2 is 2.21 bits per heavy atom. The molecule has 0 saturated heterocycles. The standard InChI is InChI=1S/C19H18ClN3O3S2/c1-26-13-7-6-10(8-12(13)20)21-15(24)9-27-19-22-17(25)16-11-4-2-3-5-14(11)28-18(16)23-19/h6-8H,2-5,9H2,1H3,(H,21,24)(H,22,23,25). The second kappa shape index (κ2) is 8.14. The molecule has 146 valence electrons. The maximum absolute atomic E-state index is 12.5. The number of amides is 1. The van der Waals surface area contributed by atoms with Gasteiger partial charge in [-0.3, -0.25) is 9.59 Å². The average molecular weight is 436 g/mol. The number of thioether (sulfide) groups is 1. The topological polar surface area (TPSA) is 84.1 Å². The number of anilines is 1. The van der Waals surface area contributed by atoms with E-state index in [2.05, 4.69) is 15.3 Å². The summed E-state index contributed by atoms with van der Waals surface area (Å²) in [6.45, 7) is 0. The van der Waals surface area contributed by atoms with E-state index < -0.39 is 0 Å². The number of nitrogens with one attached hydrogen (secondary N) is 2. The van der Waals surface area contributed by atoms with Crippen molar-refractivity contribution in [2.24, 2.45) is 0 Å². The summed E-state index contributed by atoms with van der Waals surface area (Å²) < 4.78 is 5.10. The number of aromatic amines is 1. The number of H-pyrrole nitrogens is 1. The summed E-state index contributed by atoms with van der Waals surface area (Å²) in [7, 11) is 1.53. The number of thiophene rings is 1.